The Balaban J connectivity index is 0.00000288. The van der Waals surface area contributed by atoms with Gasteiger partial charge in [-0.05, 0) is 12.3 Å². The van der Waals surface area contributed by atoms with Gasteiger partial charge in [0.25, 0.3) is 0 Å². The van der Waals surface area contributed by atoms with Crippen molar-refractivity contribution >= 4 is 34.0 Å². The normalized spacial score (nSPS) is 15.3. The van der Waals surface area contributed by atoms with E-state index in [1.165, 1.54) is 23.5 Å². The molecule has 0 radical (unpaired) electrons. The Morgan fingerprint density at radius 2 is 1.79 bits per heavy atom. The lowest BCUT2D eigenvalue weighted by Gasteiger charge is -2.23. The van der Waals surface area contributed by atoms with Gasteiger partial charge in [0.1, 0.15) is 18.1 Å². The molecule has 1 aliphatic heterocycles. The van der Waals surface area contributed by atoms with Crippen LogP contribution < -0.4 is 15.2 Å². The van der Waals surface area contributed by atoms with E-state index < -0.39 is 10.0 Å². The van der Waals surface area contributed by atoms with Crippen molar-refractivity contribution in [2.45, 2.75) is 31.2 Å². The van der Waals surface area contributed by atoms with Crippen LogP contribution in [0.2, 0.25) is 5.02 Å². The molecule has 0 saturated carbocycles. The number of fused-ring (bicyclic) bond motifs is 1. The fourth-order valence-corrected chi connectivity index (χ4v) is 3.88. The minimum Gasteiger partial charge on any atom is -0.486 e. The molecule has 0 aromatic heterocycles. The van der Waals surface area contributed by atoms with E-state index in [9.17, 15) is 8.42 Å². The van der Waals surface area contributed by atoms with Gasteiger partial charge in [-0.25, -0.2) is 12.7 Å². The van der Waals surface area contributed by atoms with Gasteiger partial charge in [-0.2, -0.15) is 0 Å². The highest BCUT2D eigenvalue weighted by Crippen LogP contribution is 2.38. The van der Waals surface area contributed by atoms with Gasteiger partial charge in [0.2, 0.25) is 10.0 Å². The number of ether oxygens (including phenoxy) is 2. The molecule has 0 bridgehead atoms. The number of nitrogens with two attached hydrogens (primary N) is 1. The van der Waals surface area contributed by atoms with Crippen LogP contribution in [-0.4, -0.2) is 45.6 Å². The molecule has 0 amide bonds. The summed E-state index contributed by atoms with van der Waals surface area (Å²) in [5, 5.41) is 0.120. The Morgan fingerprint density at radius 1 is 1.25 bits per heavy atom. The van der Waals surface area contributed by atoms with Crippen molar-refractivity contribution in [3.63, 3.8) is 0 Å². The molecule has 6 nitrogen and oxygen atoms in total. The summed E-state index contributed by atoms with van der Waals surface area (Å²) in [6.07, 6.45) is 0.579. The SMILES string of the molecule is CC(C)C(N)CCN(C)S(=O)(=O)c1cc2c(cc1Cl)OCCO2.Cl. The van der Waals surface area contributed by atoms with Crippen molar-refractivity contribution in [2.24, 2.45) is 11.7 Å². The standard InChI is InChI=1S/C15H23ClN2O4S.ClH/c1-10(2)12(17)4-5-18(3)23(19,20)15-9-14-13(8-11(15)16)21-6-7-22-14;/h8-10,12H,4-7,17H2,1-3H3;1H. The van der Waals surface area contributed by atoms with E-state index in [0.717, 1.165) is 0 Å². The van der Waals surface area contributed by atoms with E-state index in [4.69, 9.17) is 26.8 Å². The van der Waals surface area contributed by atoms with Gasteiger partial charge in [-0.3, -0.25) is 0 Å². The minimum absolute atomic E-state index is 0. The van der Waals surface area contributed by atoms with Crippen LogP contribution in [0.25, 0.3) is 0 Å². The second-order valence-electron chi connectivity index (χ2n) is 5.95. The second kappa shape index (κ2) is 8.58. The average molecular weight is 399 g/mol. The van der Waals surface area contributed by atoms with E-state index in [1.807, 2.05) is 13.8 Å². The van der Waals surface area contributed by atoms with E-state index >= 15 is 0 Å². The zero-order chi connectivity index (χ0) is 17.2. The third kappa shape index (κ3) is 4.67. The zero-order valence-corrected chi connectivity index (χ0v) is 16.4. The van der Waals surface area contributed by atoms with Crippen LogP contribution in [0, 0.1) is 5.92 Å². The maximum atomic E-state index is 12.7. The molecule has 0 spiro atoms. The highest BCUT2D eigenvalue weighted by Gasteiger charge is 2.27. The summed E-state index contributed by atoms with van der Waals surface area (Å²) in [4.78, 5) is 0.0176. The van der Waals surface area contributed by atoms with Gasteiger partial charge >= 0.3 is 0 Å². The Hall–Kier alpha value is -0.730. The third-order valence-electron chi connectivity index (χ3n) is 3.92. The second-order valence-corrected chi connectivity index (χ2v) is 8.37. The minimum atomic E-state index is -3.71. The predicted molar refractivity (Wildman–Crippen MR) is 96.9 cm³/mol. The fourth-order valence-electron chi connectivity index (χ4n) is 2.20. The van der Waals surface area contributed by atoms with E-state index in [0.29, 0.717) is 43.6 Å². The summed E-state index contributed by atoms with van der Waals surface area (Å²) in [6, 6.07) is 2.85. The first-order valence-corrected chi connectivity index (χ1v) is 9.36. The summed E-state index contributed by atoms with van der Waals surface area (Å²) in [7, 11) is -2.19. The van der Waals surface area contributed by atoms with Crippen LogP contribution in [0.5, 0.6) is 11.5 Å². The summed E-state index contributed by atoms with van der Waals surface area (Å²) in [6.45, 7) is 5.15. The number of benzene rings is 1. The Morgan fingerprint density at radius 3 is 2.33 bits per heavy atom. The molecular weight excluding hydrogens is 375 g/mol. The fraction of sp³-hybridized carbons (Fsp3) is 0.600. The first-order chi connectivity index (χ1) is 10.7. The van der Waals surface area contributed by atoms with Gasteiger partial charge in [0.15, 0.2) is 11.5 Å². The van der Waals surface area contributed by atoms with Crippen LogP contribution in [0.3, 0.4) is 0 Å². The van der Waals surface area contributed by atoms with E-state index in [-0.39, 0.29) is 28.4 Å². The molecule has 0 saturated heterocycles. The Kier molecular flexibility index (Phi) is 7.62. The quantitative estimate of drug-likeness (QED) is 0.795. The molecule has 1 heterocycles. The summed E-state index contributed by atoms with van der Waals surface area (Å²) >= 11 is 6.14. The van der Waals surface area contributed by atoms with Gasteiger partial charge in [0.05, 0.1) is 5.02 Å². The molecule has 9 heteroatoms. The first kappa shape index (κ1) is 21.3. The van der Waals surface area contributed by atoms with Gasteiger partial charge in [-0.1, -0.05) is 25.4 Å². The maximum absolute atomic E-state index is 12.7. The maximum Gasteiger partial charge on any atom is 0.244 e. The molecule has 1 aliphatic rings. The van der Waals surface area contributed by atoms with Crippen LogP contribution in [0.1, 0.15) is 20.3 Å². The number of hydrogen-bond acceptors (Lipinski definition) is 5. The van der Waals surface area contributed by atoms with Crippen LogP contribution in [0.4, 0.5) is 0 Å². The summed E-state index contributed by atoms with van der Waals surface area (Å²) < 4.78 is 37.6. The van der Waals surface area contributed by atoms with Crippen molar-refractivity contribution in [3.05, 3.63) is 17.2 Å². The summed E-state index contributed by atoms with van der Waals surface area (Å²) in [5.41, 5.74) is 5.98. The predicted octanol–water partition coefficient (Wildman–Crippen LogP) is 2.53. The molecule has 0 fully saturated rings. The third-order valence-corrected chi connectivity index (χ3v) is 6.24. The molecular formula is C15H24Cl2N2O4S. The molecule has 2 rings (SSSR count). The first-order valence-electron chi connectivity index (χ1n) is 7.54. The molecule has 0 aliphatic carbocycles. The summed E-state index contributed by atoms with van der Waals surface area (Å²) in [5.74, 6) is 1.15. The molecule has 1 aromatic carbocycles. The van der Waals surface area contributed by atoms with E-state index in [1.54, 1.807) is 0 Å². The number of hydrogen-bond donors (Lipinski definition) is 1. The number of halogens is 2. The lowest BCUT2D eigenvalue weighted by atomic mass is 10.0. The lowest BCUT2D eigenvalue weighted by molar-refractivity contribution is 0.171. The molecule has 1 aromatic rings. The number of nitrogens with zero attached hydrogens (tertiary/aromatic N) is 1. The largest absolute Gasteiger partial charge is 0.486 e. The lowest BCUT2D eigenvalue weighted by Crippen LogP contribution is -2.34. The van der Waals surface area contributed by atoms with Crippen LogP contribution in [0.15, 0.2) is 17.0 Å². The Labute approximate surface area is 154 Å². The van der Waals surface area contributed by atoms with Crippen molar-refractivity contribution in [2.75, 3.05) is 26.8 Å². The number of rotatable bonds is 6. The molecule has 1 atom stereocenters. The molecule has 24 heavy (non-hydrogen) atoms. The molecule has 138 valence electrons. The number of sulfonamides is 1. The van der Waals surface area contributed by atoms with Crippen molar-refractivity contribution in [1.82, 2.24) is 4.31 Å². The van der Waals surface area contributed by atoms with Crippen molar-refractivity contribution in [3.8, 4) is 11.5 Å². The van der Waals surface area contributed by atoms with Gasteiger partial charge < -0.3 is 15.2 Å². The van der Waals surface area contributed by atoms with Crippen LogP contribution in [-0.2, 0) is 10.0 Å². The molecule has 1 unspecified atom stereocenters. The van der Waals surface area contributed by atoms with Gasteiger partial charge in [0, 0.05) is 31.8 Å². The highest BCUT2D eigenvalue weighted by atomic mass is 35.5. The monoisotopic (exact) mass is 398 g/mol. The topological polar surface area (TPSA) is 81.9 Å². The van der Waals surface area contributed by atoms with Crippen LogP contribution >= 0.6 is 24.0 Å². The van der Waals surface area contributed by atoms with Crippen molar-refractivity contribution < 1.29 is 17.9 Å². The zero-order valence-electron chi connectivity index (χ0n) is 14.0. The van der Waals surface area contributed by atoms with Crippen molar-refractivity contribution in [1.29, 1.82) is 0 Å². The van der Waals surface area contributed by atoms with Gasteiger partial charge in [-0.15, -0.1) is 12.4 Å². The van der Waals surface area contributed by atoms with E-state index in [2.05, 4.69) is 0 Å². The average Bonchev–Trinajstić information content (AvgIpc) is 2.51. The Bertz CT molecular complexity index is 668. The smallest absolute Gasteiger partial charge is 0.244 e. The molecule has 2 N–H and O–H groups in total. The highest BCUT2D eigenvalue weighted by molar-refractivity contribution is 7.89.